The number of hydrogen-bond acceptors (Lipinski definition) is 4. The second kappa shape index (κ2) is 19.5. The van der Waals surface area contributed by atoms with E-state index in [1.807, 2.05) is 11.8 Å². The Balaban J connectivity index is 0.740. The first-order valence-electron chi connectivity index (χ1n) is 33.6. The van der Waals surface area contributed by atoms with Gasteiger partial charge in [-0.25, -0.2) is 0 Å². The summed E-state index contributed by atoms with van der Waals surface area (Å²) < 4.78 is 14.8. The Kier molecular flexibility index (Phi) is 11.8. The van der Waals surface area contributed by atoms with Gasteiger partial charge in [-0.15, -0.1) is 0 Å². The van der Waals surface area contributed by atoms with Crippen molar-refractivity contribution in [3.63, 3.8) is 0 Å². The number of nitrogens with zero attached hydrogens (tertiary/aromatic N) is 1. The standard InChI is InChI=1S/C90H75NO2S/c1-85(2)64-28-16-13-22-61(64)76-67(85)46-49-72-81(76)92-79-58(25-19-31-70(79)88(72,7)8)52-34-40-55(41-35-52)91(56-42-36-53(37-43-56)59-26-20-32-71-80(59)93-82-73(89(71,9)10)50-47-68-77(82)62-23-14-17-29-65(62)86(68,3)4)57-44-38-54(39-45-57)60-27-21-33-74-83(60)94-84-75(90(74,11)12)51-48-69-78(84)63-24-15-18-30-66(63)87(69,5)6/h13-51H,1-12H3. The molecular weight excluding hydrogens is 1160 g/mol. The van der Waals surface area contributed by atoms with E-state index in [1.165, 1.54) is 121 Å². The normalized spacial score (nSPS) is 16.9. The molecule has 0 radical (unpaired) electrons. The summed E-state index contributed by atoms with van der Waals surface area (Å²) in [6, 6.07) is 89.0. The fourth-order valence-corrected chi connectivity index (χ4v) is 19.4. The van der Waals surface area contributed by atoms with Gasteiger partial charge >= 0.3 is 0 Å². The van der Waals surface area contributed by atoms with Crippen LogP contribution in [0.25, 0.3) is 66.8 Å². The van der Waals surface area contributed by atoms with E-state index in [1.54, 1.807) is 0 Å². The van der Waals surface area contributed by atoms with Crippen LogP contribution in [0.5, 0.6) is 23.0 Å². The van der Waals surface area contributed by atoms with Crippen molar-refractivity contribution in [3.05, 3.63) is 303 Å². The highest BCUT2D eigenvalue weighted by Gasteiger charge is 2.47. The predicted molar refractivity (Wildman–Crippen MR) is 390 cm³/mol. The van der Waals surface area contributed by atoms with E-state index in [-0.39, 0.29) is 32.5 Å². The summed E-state index contributed by atoms with van der Waals surface area (Å²) in [7, 11) is 0. The lowest BCUT2D eigenvalue weighted by atomic mass is 9.73. The maximum Gasteiger partial charge on any atom is 0.139 e. The number of anilines is 3. The molecule has 0 amide bonds. The monoisotopic (exact) mass is 1230 g/mol. The first kappa shape index (κ1) is 57.1. The highest BCUT2D eigenvalue weighted by molar-refractivity contribution is 7.99. The molecule has 0 aromatic heterocycles. The van der Waals surface area contributed by atoms with Gasteiger partial charge in [0, 0.05) is 109 Å². The lowest BCUT2D eigenvalue weighted by Crippen LogP contribution is -2.25. The van der Waals surface area contributed by atoms with Crippen molar-refractivity contribution in [1.82, 2.24) is 0 Å². The summed E-state index contributed by atoms with van der Waals surface area (Å²) in [6.45, 7) is 28.4. The zero-order valence-corrected chi connectivity index (χ0v) is 56.5. The third kappa shape index (κ3) is 7.69. The smallest absolute Gasteiger partial charge is 0.139 e. The summed E-state index contributed by atoms with van der Waals surface area (Å²) in [6.07, 6.45) is 0. The lowest BCUT2D eigenvalue weighted by molar-refractivity contribution is 0.420. The van der Waals surface area contributed by atoms with E-state index in [4.69, 9.17) is 9.47 Å². The minimum absolute atomic E-state index is 0.0787. The Labute approximate surface area is 558 Å². The average Bonchev–Trinajstić information content (AvgIpc) is 1.47. The van der Waals surface area contributed by atoms with Crippen LogP contribution >= 0.6 is 11.8 Å². The molecule has 0 N–H and O–H groups in total. The maximum atomic E-state index is 7.39. The van der Waals surface area contributed by atoms with Gasteiger partial charge in [-0.2, -0.15) is 0 Å². The second-order valence-corrected chi connectivity index (χ2v) is 31.3. The third-order valence-electron chi connectivity index (χ3n) is 23.1. The van der Waals surface area contributed by atoms with Crippen LogP contribution in [0.3, 0.4) is 0 Å². The van der Waals surface area contributed by atoms with Gasteiger partial charge < -0.3 is 14.4 Å². The van der Waals surface area contributed by atoms with Crippen molar-refractivity contribution in [2.24, 2.45) is 0 Å². The van der Waals surface area contributed by atoms with Crippen LogP contribution in [-0.2, 0) is 32.5 Å². The molecular formula is C90H75NO2S. The molecule has 94 heavy (non-hydrogen) atoms. The number of rotatable bonds is 6. The summed E-state index contributed by atoms with van der Waals surface area (Å²) in [5.41, 5.74) is 32.3. The molecule has 3 heterocycles. The fourth-order valence-electron chi connectivity index (χ4n) is 17.7. The summed E-state index contributed by atoms with van der Waals surface area (Å²) in [4.78, 5) is 5.13. The van der Waals surface area contributed by atoms with E-state index in [0.717, 1.165) is 62.3 Å². The SMILES string of the molecule is CC1(C)c2cccc(-c3ccc(N(c4ccc(-c5cccc6c5Oc5c(ccc7c5-c5ccccc5C7(C)C)C6(C)C)cc4)c4ccc(-c5cccc6c5Sc5c(ccc7c5-c5ccccc5C7(C)C)C6(C)C)cc4)cc3)c2Oc2c1ccc1c2-c2ccccc2C1(C)C. The van der Waals surface area contributed by atoms with Crippen LogP contribution in [0.2, 0.25) is 0 Å². The van der Waals surface area contributed by atoms with E-state index in [2.05, 4.69) is 325 Å². The van der Waals surface area contributed by atoms with Crippen molar-refractivity contribution in [2.75, 3.05) is 4.90 Å². The number of ether oxygens (including phenoxy) is 2. The van der Waals surface area contributed by atoms with E-state index < -0.39 is 0 Å². The Morgan fingerprint density at radius 1 is 0.223 bits per heavy atom. The predicted octanol–water partition coefficient (Wildman–Crippen LogP) is 24.7. The Morgan fingerprint density at radius 3 is 0.926 bits per heavy atom. The number of hydrogen-bond donors (Lipinski definition) is 0. The quantitative estimate of drug-likeness (QED) is 0.165. The number of fused-ring (bicyclic) bond motifs is 18. The zero-order valence-electron chi connectivity index (χ0n) is 55.7. The van der Waals surface area contributed by atoms with Crippen molar-refractivity contribution < 1.29 is 9.47 Å². The van der Waals surface area contributed by atoms with Gasteiger partial charge in [-0.05, 0) is 120 Å². The average molecular weight is 1230 g/mol. The first-order valence-corrected chi connectivity index (χ1v) is 34.4. The van der Waals surface area contributed by atoms with Gasteiger partial charge in [-0.1, -0.05) is 295 Å². The minimum atomic E-state index is -0.304. The number of para-hydroxylation sites is 2. The van der Waals surface area contributed by atoms with Crippen molar-refractivity contribution in [3.8, 4) is 89.8 Å². The molecule has 3 aliphatic heterocycles. The molecule has 12 aromatic rings. The molecule has 0 atom stereocenters. The summed E-state index contributed by atoms with van der Waals surface area (Å²) in [5.74, 6) is 3.81. The van der Waals surface area contributed by atoms with Gasteiger partial charge in [0.15, 0.2) is 0 Å². The molecule has 12 aromatic carbocycles. The molecule has 0 unspecified atom stereocenters. The van der Waals surface area contributed by atoms with Gasteiger partial charge in [0.25, 0.3) is 0 Å². The lowest BCUT2D eigenvalue weighted by Gasteiger charge is -2.37. The molecule has 0 saturated carbocycles. The van der Waals surface area contributed by atoms with E-state index in [0.29, 0.717) is 0 Å². The van der Waals surface area contributed by atoms with Gasteiger partial charge in [0.05, 0.1) is 0 Å². The molecule has 0 spiro atoms. The van der Waals surface area contributed by atoms with Crippen LogP contribution in [-0.4, -0.2) is 0 Å². The topological polar surface area (TPSA) is 21.7 Å². The molecule has 4 heteroatoms. The Hall–Kier alpha value is -9.61. The molecule has 458 valence electrons. The largest absolute Gasteiger partial charge is 0.455 e. The van der Waals surface area contributed by atoms with Crippen LogP contribution in [0, 0.1) is 0 Å². The second-order valence-electron chi connectivity index (χ2n) is 30.3. The van der Waals surface area contributed by atoms with Crippen LogP contribution in [0.4, 0.5) is 17.1 Å². The van der Waals surface area contributed by atoms with E-state index in [9.17, 15) is 0 Å². The Bertz CT molecular complexity index is 4740. The number of benzene rings is 12. The molecule has 0 bridgehead atoms. The maximum absolute atomic E-state index is 7.39. The first-order chi connectivity index (χ1) is 45.2. The highest BCUT2D eigenvalue weighted by atomic mass is 32.2. The van der Waals surface area contributed by atoms with Crippen LogP contribution in [0.15, 0.2) is 246 Å². The van der Waals surface area contributed by atoms with E-state index >= 15 is 0 Å². The Morgan fingerprint density at radius 2 is 0.500 bits per heavy atom. The molecule has 0 saturated heterocycles. The van der Waals surface area contributed by atoms with Gasteiger partial charge in [0.2, 0.25) is 0 Å². The molecule has 0 fully saturated rings. The highest BCUT2D eigenvalue weighted by Crippen LogP contribution is 2.64. The van der Waals surface area contributed by atoms with Gasteiger partial charge in [-0.3, -0.25) is 0 Å². The summed E-state index contributed by atoms with van der Waals surface area (Å²) >= 11 is 1.97. The molecule has 6 aliphatic rings. The van der Waals surface area contributed by atoms with Crippen molar-refractivity contribution >= 4 is 28.8 Å². The molecule has 18 rings (SSSR count). The third-order valence-corrected chi connectivity index (χ3v) is 24.4. The zero-order chi connectivity index (χ0) is 64.3. The van der Waals surface area contributed by atoms with Crippen molar-refractivity contribution in [1.29, 1.82) is 0 Å². The minimum Gasteiger partial charge on any atom is -0.455 e. The molecule has 3 aliphatic carbocycles. The molecule has 3 nitrogen and oxygen atoms in total. The van der Waals surface area contributed by atoms with Crippen molar-refractivity contribution in [2.45, 2.75) is 125 Å². The van der Waals surface area contributed by atoms with Gasteiger partial charge in [0.1, 0.15) is 23.0 Å². The summed E-state index contributed by atoms with van der Waals surface area (Å²) in [5, 5.41) is 0. The van der Waals surface area contributed by atoms with Crippen LogP contribution in [0.1, 0.15) is 150 Å². The fraction of sp³-hybridized carbons (Fsp3) is 0.200. The van der Waals surface area contributed by atoms with Crippen LogP contribution < -0.4 is 14.4 Å².